The summed E-state index contributed by atoms with van der Waals surface area (Å²) in [6, 6.07) is 16.9. The van der Waals surface area contributed by atoms with Gasteiger partial charge in [0.1, 0.15) is 5.75 Å². The number of fused-ring (bicyclic) bond motifs is 1. The van der Waals surface area contributed by atoms with Gasteiger partial charge in [-0.25, -0.2) is 4.79 Å². The van der Waals surface area contributed by atoms with Gasteiger partial charge in [0, 0.05) is 38.6 Å². The quantitative estimate of drug-likeness (QED) is 0.834. The van der Waals surface area contributed by atoms with Crippen LogP contribution in [0.25, 0.3) is 0 Å². The van der Waals surface area contributed by atoms with Crippen LogP contribution in [0.1, 0.15) is 36.8 Å². The van der Waals surface area contributed by atoms with Gasteiger partial charge >= 0.3 is 6.03 Å². The third-order valence-electron chi connectivity index (χ3n) is 6.07. The van der Waals surface area contributed by atoms with Crippen molar-refractivity contribution in [1.82, 2.24) is 10.2 Å². The molecule has 1 N–H and O–H groups in total. The van der Waals surface area contributed by atoms with E-state index in [1.165, 1.54) is 17.5 Å². The van der Waals surface area contributed by atoms with Crippen LogP contribution in [-0.4, -0.2) is 50.3 Å². The van der Waals surface area contributed by atoms with Crippen molar-refractivity contribution in [3.63, 3.8) is 0 Å². The lowest BCUT2D eigenvalue weighted by Crippen LogP contribution is -2.52. The fourth-order valence-corrected chi connectivity index (χ4v) is 4.54. The minimum absolute atomic E-state index is 0.0609. The number of carbonyl (C=O) groups excluding carboxylic acids is 1. The van der Waals surface area contributed by atoms with Gasteiger partial charge in [-0.1, -0.05) is 36.4 Å². The summed E-state index contributed by atoms with van der Waals surface area (Å²) in [6.45, 7) is 6.49. The van der Waals surface area contributed by atoms with Crippen LogP contribution in [0.15, 0.2) is 48.5 Å². The number of nitrogens with zero attached hydrogens (tertiary/aromatic N) is 2. The molecule has 1 heterocycles. The molecule has 5 nitrogen and oxygen atoms in total. The van der Waals surface area contributed by atoms with E-state index in [0.717, 1.165) is 57.0 Å². The molecule has 2 aromatic rings. The first-order chi connectivity index (χ1) is 14.3. The molecule has 1 unspecified atom stereocenters. The van der Waals surface area contributed by atoms with Crippen molar-refractivity contribution in [2.24, 2.45) is 0 Å². The first kappa shape index (κ1) is 19.6. The number of hydrogen-bond donors (Lipinski definition) is 1. The summed E-state index contributed by atoms with van der Waals surface area (Å²) in [5.74, 6) is 1.35. The van der Waals surface area contributed by atoms with Crippen LogP contribution in [0.4, 0.5) is 10.5 Å². The number of carbonyl (C=O) groups is 1. The van der Waals surface area contributed by atoms with Crippen LogP contribution >= 0.6 is 0 Å². The Bertz CT molecular complexity index is 830. The van der Waals surface area contributed by atoms with E-state index >= 15 is 0 Å². The van der Waals surface area contributed by atoms with Gasteiger partial charge in [0.25, 0.3) is 0 Å². The van der Waals surface area contributed by atoms with Crippen molar-refractivity contribution >= 4 is 11.7 Å². The van der Waals surface area contributed by atoms with E-state index in [9.17, 15) is 4.79 Å². The molecule has 0 bridgehead atoms. The third-order valence-corrected chi connectivity index (χ3v) is 6.07. The van der Waals surface area contributed by atoms with E-state index in [0.29, 0.717) is 12.5 Å². The standard InChI is InChI=1S/C24H31N3O2/c1-2-29-23-13-6-5-12-22(23)26-14-16-27(17-15-26)24(28)25-18-20-10-7-9-19-8-3-4-11-21(19)20/h3-6,8,11-13,20H,2,7,9-10,14-18H2,1H3,(H,25,28). The molecule has 2 aromatic carbocycles. The minimum Gasteiger partial charge on any atom is -0.492 e. The first-order valence-corrected chi connectivity index (χ1v) is 10.8. The molecule has 0 spiro atoms. The van der Waals surface area contributed by atoms with E-state index in [4.69, 9.17) is 4.74 Å². The summed E-state index contributed by atoms with van der Waals surface area (Å²) in [6.07, 6.45) is 3.51. The smallest absolute Gasteiger partial charge is 0.317 e. The maximum Gasteiger partial charge on any atom is 0.317 e. The molecule has 5 heteroatoms. The molecular weight excluding hydrogens is 362 g/mol. The van der Waals surface area contributed by atoms with Gasteiger partial charge in [0.2, 0.25) is 0 Å². The third kappa shape index (κ3) is 4.50. The monoisotopic (exact) mass is 393 g/mol. The number of nitrogens with one attached hydrogen (secondary N) is 1. The molecular formula is C24H31N3O2. The molecule has 0 aromatic heterocycles. The van der Waals surface area contributed by atoms with Crippen LogP contribution in [0, 0.1) is 0 Å². The highest BCUT2D eigenvalue weighted by Crippen LogP contribution is 2.31. The Morgan fingerprint density at radius 1 is 1.07 bits per heavy atom. The lowest BCUT2D eigenvalue weighted by Gasteiger charge is -2.37. The summed E-state index contributed by atoms with van der Waals surface area (Å²) in [5.41, 5.74) is 3.98. The second-order valence-corrected chi connectivity index (χ2v) is 7.85. The van der Waals surface area contributed by atoms with E-state index < -0.39 is 0 Å². The number of aryl methyl sites for hydroxylation is 1. The van der Waals surface area contributed by atoms with Crippen molar-refractivity contribution < 1.29 is 9.53 Å². The van der Waals surface area contributed by atoms with Crippen LogP contribution in [-0.2, 0) is 6.42 Å². The maximum atomic E-state index is 12.7. The SMILES string of the molecule is CCOc1ccccc1N1CCN(C(=O)NCC2CCCc3ccccc32)CC1. The van der Waals surface area contributed by atoms with Gasteiger partial charge in [0.15, 0.2) is 0 Å². The average molecular weight is 394 g/mol. The van der Waals surface area contributed by atoms with Crippen LogP contribution < -0.4 is 15.0 Å². The highest BCUT2D eigenvalue weighted by Gasteiger charge is 2.25. The zero-order chi connectivity index (χ0) is 20.1. The summed E-state index contributed by atoms with van der Waals surface area (Å²) in [5, 5.41) is 3.19. The van der Waals surface area contributed by atoms with E-state index in [-0.39, 0.29) is 6.03 Å². The van der Waals surface area contributed by atoms with Gasteiger partial charge in [-0.2, -0.15) is 0 Å². The van der Waals surface area contributed by atoms with Crippen molar-refractivity contribution in [2.75, 3.05) is 44.2 Å². The van der Waals surface area contributed by atoms with Gasteiger partial charge in [-0.05, 0) is 49.4 Å². The normalized spacial score (nSPS) is 18.9. The number of hydrogen-bond acceptors (Lipinski definition) is 3. The molecule has 0 saturated carbocycles. The number of para-hydroxylation sites is 2. The Labute approximate surface area is 173 Å². The Balaban J connectivity index is 1.30. The van der Waals surface area contributed by atoms with Crippen molar-refractivity contribution in [2.45, 2.75) is 32.1 Å². The number of urea groups is 1. The average Bonchev–Trinajstić information content (AvgIpc) is 2.78. The number of anilines is 1. The van der Waals surface area contributed by atoms with Gasteiger partial charge < -0.3 is 19.9 Å². The summed E-state index contributed by atoms with van der Waals surface area (Å²) >= 11 is 0. The molecule has 1 aliphatic heterocycles. The minimum atomic E-state index is 0.0609. The highest BCUT2D eigenvalue weighted by molar-refractivity contribution is 5.74. The number of rotatable bonds is 5. The predicted octanol–water partition coefficient (Wildman–Crippen LogP) is 4.04. The molecule has 1 atom stereocenters. The lowest BCUT2D eigenvalue weighted by atomic mass is 9.83. The Hall–Kier alpha value is -2.69. The molecule has 1 aliphatic carbocycles. The summed E-state index contributed by atoms with van der Waals surface area (Å²) < 4.78 is 5.76. The molecule has 154 valence electrons. The highest BCUT2D eigenvalue weighted by atomic mass is 16.5. The molecule has 29 heavy (non-hydrogen) atoms. The maximum absolute atomic E-state index is 12.7. The summed E-state index contributed by atoms with van der Waals surface area (Å²) in [7, 11) is 0. The Morgan fingerprint density at radius 3 is 2.66 bits per heavy atom. The predicted molar refractivity (Wildman–Crippen MR) is 117 cm³/mol. The van der Waals surface area contributed by atoms with Crippen molar-refractivity contribution in [1.29, 1.82) is 0 Å². The Morgan fingerprint density at radius 2 is 1.83 bits per heavy atom. The van der Waals surface area contributed by atoms with Crippen molar-refractivity contribution in [3.05, 3.63) is 59.7 Å². The van der Waals surface area contributed by atoms with Crippen LogP contribution in [0.3, 0.4) is 0 Å². The molecule has 1 saturated heterocycles. The fourth-order valence-electron chi connectivity index (χ4n) is 4.54. The second-order valence-electron chi connectivity index (χ2n) is 7.85. The first-order valence-electron chi connectivity index (χ1n) is 10.8. The van der Waals surface area contributed by atoms with Crippen LogP contribution in [0.5, 0.6) is 5.75 Å². The zero-order valence-electron chi connectivity index (χ0n) is 17.3. The number of benzene rings is 2. The lowest BCUT2D eigenvalue weighted by molar-refractivity contribution is 0.193. The topological polar surface area (TPSA) is 44.8 Å². The number of ether oxygens (including phenoxy) is 1. The van der Waals surface area contributed by atoms with E-state index in [1.807, 2.05) is 30.0 Å². The van der Waals surface area contributed by atoms with Gasteiger partial charge in [-0.3, -0.25) is 0 Å². The summed E-state index contributed by atoms with van der Waals surface area (Å²) in [4.78, 5) is 17.0. The zero-order valence-corrected chi connectivity index (χ0v) is 17.3. The van der Waals surface area contributed by atoms with E-state index in [2.05, 4.69) is 40.5 Å². The number of piperazine rings is 1. The van der Waals surface area contributed by atoms with Crippen LogP contribution in [0.2, 0.25) is 0 Å². The largest absolute Gasteiger partial charge is 0.492 e. The molecule has 4 rings (SSSR count). The van der Waals surface area contributed by atoms with Crippen molar-refractivity contribution in [3.8, 4) is 5.75 Å². The molecule has 2 amide bonds. The van der Waals surface area contributed by atoms with Gasteiger partial charge in [-0.15, -0.1) is 0 Å². The van der Waals surface area contributed by atoms with Gasteiger partial charge in [0.05, 0.1) is 12.3 Å². The number of amides is 2. The fraction of sp³-hybridized carbons (Fsp3) is 0.458. The van der Waals surface area contributed by atoms with E-state index in [1.54, 1.807) is 0 Å². The second kappa shape index (κ2) is 9.21. The Kier molecular flexibility index (Phi) is 6.23. The molecule has 2 aliphatic rings. The molecule has 1 fully saturated rings. The molecule has 0 radical (unpaired) electrons.